The number of hydrogen-bond donors (Lipinski definition) is 1. The molecule has 1 N–H and O–H groups in total. The zero-order chi connectivity index (χ0) is 14.4. The summed E-state index contributed by atoms with van der Waals surface area (Å²) in [5.74, 6) is 1.23. The molecule has 0 spiro atoms. The molecule has 1 atom stereocenters. The summed E-state index contributed by atoms with van der Waals surface area (Å²) in [5.41, 5.74) is 2.26. The maximum atomic E-state index is 6.23. The van der Waals surface area contributed by atoms with Crippen LogP contribution in [-0.4, -0.2) is 21.3 Å². The summed E-state index contributed by atoms with van der Waals surface area (Å²) >= 11 is 6.23. The first-order valence-electron chi connectivity index (χ1n) is 6.26. The van der Waals surface area contributed by atoms with E-state index in [9.17, 15) is 0 Å². The highest BCUT2D eigenvalue weighted by molar-refractivity contribution is 6.32. The van der Waals surface area contributed by atoms with Crippen molar-refractivity contribution in [3.63, 3.8) is 0 Å². The van der Waals surface area contributed by atoms with Crippen molar-refractivity contribution in [2.75, 3.05) is 21.3 Å². The summed E-state index contributed by atoms with van der Waals surface area (Å²) in [7, 11) is 5.13. The van der Waals surface area contributed by atoms with E-state index in [2.05, 4.69) is 11.9 Å². The maximum Gasteiger partial charge on any atom is 0.179 e. The standard InChI is InChI=1S/C15H22ClNO2/c1-10(2)6-7-13(17-3)11-8-12(16)15(19-5)14(9-11)18-4/h8-9,13,17H,1,6-7H2,2-5H3. The highest BCUT2D eigenvalue weighted by Gasteiger charge is 2.16. The predicted molar refractivity (Wildman–Crippen MR) is 80.4 cm³/mol. The molecule has 0 aliphatic carbocycles. The molecule has 1 unspecified atom stereocenters. The molecular formula is C15H22ClNO2. The van der Waals surface area contributed by atoms with Gasteiger partial charge in [0.05, 0.1) is 19.2 Å². The smallest absolute Gasteiger partial charge is 0.179 e. The highest BCUT2D eigenvalue weighted by Crippen LogP contribution is 2.38. The first-order chi connectivity index (χ1) is 9.03. The van der Waals surface area contributed by atoms with Crippen LogP contribution in [0.15, 0.2) is 24.3 Å². The molecule has 0 saturated heterocycles. The molecule has 3 nitrogen and oxygen atoms in total. The molecule has 19 heavy (non-hydrogen) atoms. The summed E-state index contributed by atoms with van der Waals surface area (Å²) in [6, 6.07) is 4.10. The molecule has 0 bridgehead atoms. The van der Waals surface area contributed by atoms with Crippen LogP contribution in [0.2, 0.25) is 5.02 Å². The lowest BCUT2D eigenvalue weighted by molar-refractivity contribution is 0.354. The van der Waals surface area contributed by atoms with Crippen LogP contribution in [0.3, 0.4) is 0 Å². The average Bonchev–Trinajstić information content (AvgIpc) is 2.38. The van der Waals surface area contributed by atoms with Gasteiger partial charge < -0.3 is 14.8 Å². The van der Waals surface area contributed by atoms with Crippen molar-refractivity contribution in [3.05, 3.63) is 34.9 Å². The monoisotopic (exact) mass is 283 g/mol. The normalized spacial score (nSPS) is 12.1. The number of rotatable bonds is 7. The minimum absolute atomic E-state index is 0.217. The van der Waals surface area contributed by atoms with Gasteiger partial charge in [-0.2, -0.15) is 0 Å². The van der Waals surface area contributed by atoms with Crippen LogP contribution in [0.25, 0.3) is 0 Å². The summed E-state index contributed by atoms with van der Waals surface area (Å²) in [6.45, 7) is 5.97. The van der Waals surface area contributed by atoms with E-state index >= 15 is 0 Å². The van der Waals surface area contributed by atoms with Crippen LogP contribution in [0.4, 0.5) is 0 Å². The molecule has 0 radical (unpaired) electrons. The Bertz CT molecular complexity index is 446. The van der Waals surface area contributed by atoms with Crippen LogP contribution >= 0.6 is 11.6 Å². The maximum absolute atomic E-state index is 6.23. The first-order valence-corrected chi connectivity index (χ1v) is 6.64. The van der Waals surface area contributed by atoms with Crippen LogP contribution in [-0.2, 0) is 0 Å². The number of hydrogen-bond acceptors (Lipinski definition) is 3. The van der Waals surface area contributed by atoms with Crippen molar-refractivity contribution in [1.29, 1.82) is 0 Å². The number of benzene rings is 1. The zero-order valence-corrected chi connectivity index (χ0v) is 12.8. The molecule has 0 fully saturated rings. The highest BCUT2D eigenvalue weighted by atomic mass is 35.5. The van der Waals surface area contributed by atoms with Gasteiger partial charge in [-0.1, -0.05) is 17.2 Å². The lowest BCUT2D eigenvalue weighted by atomic mass is 9.99. The van der Waals surface area contributed by atoms with Gasteiger partial charge >= 0.3 is 0 Å². The Morgan fingerprint density at radius 3 is 2.53 bits per heavy atom. The van der Waals surface area contributed by atoms with Gasteiger partial charge in [0.15, 0.2) is 11.5 Å². The minimum Gasteiger partial charge on any atom is -0.493 e. The molecule has 0 amide bonds. The van der Waals surface area contributed by atoms with E-state index in [1.165, 1.54) is 5.57 Å². The number of nitrogens with one attached hydrogen (secondary N) is 1. The van der Waals surface area contributed by atoms with Gasteiger partial charge in [0.25, 0.3) is 0 Å². The van der Waals surface area contributed by atoms with Crippen LogP contribution in [0.1, 0.15) is 31.4 Å². The van der Waals surface area contributed by atoms with Crippen molar-refractivity contribution >= 4 is 11.6 Å². The van der Waals surface area contributed by atoms with E-state index in [1.54, 1.807) is 14.2 Å². The van der Waals surface area contributed by atoms with E-state index < -0.39 is 0 Å². The van der Waals surface area contributed by atoms with Crippen molar-refractivity contribution in [2.45, 2.75) is 25.8 Å². The third kappa shape index (κ3) is 4.15. The Morgan fingerprint density at radius 2 is 2.05 bits per heavy atom. The molecule has 0 aliphatic rings. The van der Waals surface area contributed by atoms with Gasteiger partial charge in [-0.3, -0.25) is 0 Å². The fraction of sp³-hybridized carbons (Fsp3) is 0.467. The molecule has 1 rings (SSSR count). The van der Waals surface area contributed by atoms with Crippen molar-refractivity contribution < 1.29 is 9.47 Å². The second kappa shape index (κ2) is 7.41. The SMILES string of the molecule is C=C(C)CCC(NC)c1cc(Cl)c(OC)c(OC)c1. The van der Waals surface area contributed by atoms with Crippen LogP contribution in [0.5, 0.6) is 11.5 Å². The van der Waals surface area contributed by atoms with E-state index in [1.807, 2.05) is 26.1 Å². The number of allylic oxidation sites excluding steroid dienone is 1. The number of methoxy groups -OCH3 is 2. The molecule has 0 aromatic heterocycles. The quantitative estimate of drug-likeness (QED) is 0.768. The van der Waals surface area contributed by atoms with Crippen LogP contribution in [0, 0.1) is 0 Å². The number of ether oxygens (including phenoxy) is 2. The Hall–Kier alpha value is -1.19. The van der Waals surface area contributed by atoms with Crippen molar-refractivity contribution in [3.8, 4) is 11.5 Å². The molecular weight excluding hydrogens is 262 g/mol. The molecule has 4 heteroatoms. The molecule has 0 aliphatic heterocycles. The molecule has 1 aromatic carbocycles. The Labute approximate surface area is 120 Å². The summed E-state index contributed by atoms with van der Waals surface area (Å²) < 4.78 is 10.6. The zero-order valence-electron chi connectivity index (χ0n) is 12.0. The van der Waals surface area contributed by atoms with E-state index in [4.69, 9.17) is 21.1 Å². The summed E-state index contributed by atoms with van der Waals surface area (Å²) in [5, 5.41) is 3.86. The van der Waals surface area contributed by atoms with Crippen LogP contribution < -0.4 is 14.8 Å². The lowest BCUT2D eigenvalue weighted by Gasteiger charge is -2.19. The second-order valence-electron chi connectivity index (χ2n) is 4.58. The second-order valence-corrected chi connectivity index (χ2v) is 4.98. The van der Waals surface area contributed by atoms with Gasteiger partial charge in [-0.05, 0) is 44.5 Å². The van der Waals surface area contributed by atoms with Crippen molar-refractivity contribution in [1.82, 2.24) is 5.32 Å². The molecule has 0 saturated carbocycles. The van der Waals surface area contributed by atoms with E-state index in [0.29, 0.717) is 16.5 Å². The Kier molecular flexibility index (Phi) is 6.19. The van der Waals surface area contributed by atoms with Gasteiger partial charge in [-0.25, -0.2) is 0 Å². The topological polar surface area (TPSA) is 30.5 Å². The third-order valence-electron chi connectivity index (χ3n) is 3.07. The summed E-state index contributed by atoms with van der Waals surface area (Å²) in [4.78, 5) is 0. The third-order valence-corrected chi connectivity index (χ3v) is 3.35. The van der Waals surface area contributed by atoms with Gasteiger partial charge in [0.1, 0.15) is 0 Å². The van der Waals surface area contributed by atoms with Gasteiger partial charge in [-0.15, -0.1) is 6.58 Å². The average molecular weight is 284 g/mol. The van der Waals surface area contributed by atoms with Gasteiger partial charge in [0, 0.05) is 6.04 Å². The fourth-order valence-corrected chi connectivity index (χ4v) is 2.30. The largest absolute Gasteiger partial charge is 0.493 e. The summed E-state index contributed by atoms with van der Waals surface area (Å²) in [6.07, 6.45) is 1.94. The first kappa shape index (κ1) is 15.9. The predicted octanol–water partition coefficient (Wildman–Crippen LogP) is 3.97. The number of halogens is 1. The minimum atomic E-state index is 0.217. The lowest BCUT2D eigenvalue weighted by Crippen LogP contribution is -2.16. The van der Waals surface area contributed by atoms with E-state index in [-0.39, 0.29) is 6.04 Å². The van der Waals surface area contributed by atoms with Gasteiger partial charge in [0.2, 0.25) is 0 Å². The van der Waals surface area contributed by atoms with E-state index in [0.717, 1.165) is 18.4 Å². The Balaban J connectivity index is 3.04. The molecule has 106 valence electrons. The molecule has 1 aromatic rings. The Morgan fingerprint density at radius 1 is 1.37 bits per heavy atom. The fourth-order valence-electron chi connectivity index (χ4n) is 2.01. The molecule has 0 heterocycles. The van der Waals surface area contributed by atoms with Crippen molar-refractivity contribution in [2.24, 2.45) is 0 Å².